The number of alkyl halides is 3. The lowest BCUT2D eigenvalue weighted by Gasteiger charge is -2.51. The maximum atomic E-state index is 14.5. The van der Waals surface area contributed by atoms with Gasteiger partial charge in [0.25, 0.3) is 5.91 Å². The van der Waals surface area contributed by atoms with Crippen molar-refractivity contribution in [3.8, 4) is 0 Å². The van der Waals surface area contributed by atoms with Crippen LogP contribution in [0.1, 0.15) is 37.8 Å². The Morgan fingerprint density at radius 1 is 1.18 bits per heavy atom. The molecule has 1 N–H and O–H groups in total. The fourth-order valence-electron chi connectivity index (χ4n) is 4.17. The van der Waals surface area contributed by atoms with Gasteiger partial charge in [0.05, 0.1) is 11.5 Å². The van der Waals surface area contributed by atoms with Gasteiger partial charge < -0.3 is 10.2 Å². The normalized spacial score (nSPS) is 21.9. The van der Waals surface area contributed by atoms with E-state index in [-0.39, 0.29) is 17.7 Å². The number of rotatable bonds is 6. The standard InChI is InChI=1S/C24H26F3N3O3S/c1-15(2)30-14-19(22(32)29-13-16-5-7-18(8-6-16)34(4)33)21(31)20(17-9-11-28-12-10-17)23(30,3)24(25,26)27/h5-12,14-15,20H,13H2,1-4H3,(H,29,32). The molecule has 182 valence electrons. The second-order valence-corrected chi connectivity index (χ2v) is 9.93. The summed E-state index contributed by atoms with van der Waals surface area (Å²) in [7, 11) is -1.15. The summed E-state index contributed by atoms with van der Waals surface area (Å²) in [5.41, 5.74) is -2.08. The summed E-state index contributed by atoms with van der Waals surface area (Å²) in [4.78, 5) is 31.9. The SMILES string of the molecule is CC(C)N1C=C(C(=O)NCc2ccc(S(C)=O)cc2)C(=O)C(c2ccncc2)C1(C)C(F)(F)F. The van der Waals surface area contributed by atoms with Crippen LogP contribution in [0.2, 0.25) is 0 Å². The highest BCUT2D eigenvalue weighted by atomic mass is 32.2. The van der Waals surface area contributed by atoms with Gasteiger partial charge in [-0.05, 0) is 56.2 Å². The van der Waals surface area contributed by atoms with Gasteiger partial charge in [0.1, 0.15) is 5.54 Å². The van der Waals surface area contributed by atoms with Gasteiger partial charge in [-0.3, -0.25) is 18.8 Å². The van der Waals surface area contributed by atoms with Crippen molar-refractivity contribution >= 4 is 22.5 Å². The fourth-order valence-corrected chi connectivity index (χ4v) is 4.69. The summed E-state index contributed by atoms with van der Waals surface area (Å²) in [5.74, 6) is -3.32. The molecule has 1 aliphatic rings. The molecule has 34 heavy (non-hydrogen) atoms. The molecule has 0 saturated heterocycles. The van der Waals surface area contributed by atoms with Gasteiger partial charge in [0.2, 0.25) is 0 Å². The first-order valence-corrected chi connectivity index (χ1v) is 12.2. The summed E-state index contributed by atoms with van der Waals surface area (Å²) in [5, 5.41) is 2.62. The Balaban J connectivity index is 1.98. The van der Waals surface area contributed by atoms with Gasteiger partial charge in [-0.15, -0.1) is 0 Å². The number of hydrogen-bond acceptors (Lipinski definition) is 5. The molecule has 3 rings (SSSR count). The lowest BCUT2D eigenvalue weighted by Crippen LogP contribution is -2.64. The van der Waals surface area contributed by atoms with E-state index in [2.05, 4.69) is 10.3 Å². The number of halogens is 3. The molecule has 0 radical (unpaired) electrons. The highest BCUT2D eigenvalue weighted by Crippen LogP contribution is 2.50. The highest BCUT2D eigenvalue weighted by Gasteiger charge is 2.64. The monoisotopic (exact) mass is 493 g/mol. The molecule has 0 fully saturated rings. The van der Waals surface area contributed by atoms with E-state index in [4.69, 9.17) is 0 Å². The first-order chi connectivity index (χ1) is 15.9. The minimum absolute atomic E-state index is 0.0538. The van der Waals surface area contributed by atoms with Crippen molar-refractivity contribution in [3.05, 3.63) is 71.7 Å². The van der Waals surface area contributed by atoms with Gasteiger partial charge in [-0.25, -0.2) is 0 Å². The van der Waals surface area contributed by atoms with Crippen molar-refractivity contribution in [2.24, 2.45) is 0 Å². The summed E-state index contributed by atoms with van der Waals surface area (Å²) < 4.78 is 54.9. The molecular formula is C24H26F3N3O3S. The molecule has 0 spiro atoms. The molecular weight excluding hydrogens is 467 g/mol. The molecule has 0 saturated carbocycles. The molecule has 10 heteroatoms. The highest BCUT2D eigenvalue weighted by molar-refractivity contribution is 7.84. The summed E-state index contributed by atoms with van der Waals surface area (Å²) in [6.07, 6.45) is 0.456. The number of ketones is 1. The number of carbonyl (C=O) groups excluding carboxylic acids is 2. The quantitative estimate of drug-likeness (QED) is 0.621. The molecule has 0 bridgehead atoms. The van der Waals surface area contributed by atoms with E-state index in [1.165, 1.54) is 24.5 Å². The number of nitrogens with zero attached hydrogens (tertiary/aromatic N) is 2. The molecule has 0 aliphatic carbocycles. The van der Waals surface area contributed by atoms with Gasteiger partial charge in [-0.1, -0.05) is 12.1 Å². The van der Waals surface area contributed by atoms with Gasteiger partial charge in [-0.2, -0.15) is 13.2 Å². The largest absolute Gasteiger partial charge is 0.412 e. The lowest BCUT2D eigenvalue weighted by atomic mass is 9.71. The van der Waals surface area contributed by atoms with Crippen LogP contribution in [0.3, 0.4) is 0 Å². The third-order valence-corrected chi connectivity index (χ3v) is 6.95. The van der Waals surface area contributed by atoms with Crippen LogP contribution in [0.5, 0.6) is 0 Å². The van der Waals surface area contributed by atoms with E-state index < -0.39 is 46.2 Å². The van der Waals surface area contributed by atoms with Crippen molar-refractivity contribution in [2.75, 3.05) is 6.26 Å². The average molecular weight is 494 g/mol. The molecule has 3 unspecified atom stereocenters. The second kappa shape index (κ2) is 9.69. The Bertz CT molecular complexity index is 1120. The molecule has 6 nitrogen and oxygen atoms in total. The second-order valence-electron chi connectivity index (χ2n) is 8.55. The van der Waals surface area contributed by atoms with E-state index in [0.29, 0.717) is 10.5 Å². The van der Waals surface area contributed by atoms with Gasteiger partial charge in [0.15, 0.2) is 5.78 Å². The van der Waals surface area contributed by atoms with Crippen LogP contribution in [0.15, 0.2) is 65.5 Å². The van der Waals surface area contributed by atoms with E-state index in [0.717, 1.165) is 18.0 Å². The van der Waals surface area contributed by atoms with Crippen molar-refractivity contribution < 1.29 is 27.0 Å². The van der Waals surface area contributed by atoms with E-state index in [1.54, 1.807) is 44.4 Å². The minimum atomic E-state index is -4.76. The zero-order chi connectivity index (χ0) is 25.3. The Hall–Kier alpha value is -3.01. The van der Waals surface area contributed by atoms with Crippen LogP contribution in [0.25, 0.3) is 0 Å². The number of hydrogen-bond donors (Lipinski definition) is 1. The lowest BCUT2D eigenvalue weighted by molar-refractivity contribution is -0.232. The molecule has 1 amide bonds. The Morgan fingerprint density at radius 2 is 1.76 bits per heavy atom. The molecule has 1 aromatic carbocycles. The Labute approximate surface area is 198 Å². The van der Waals surface area contributed by atoms with Crippen LogP contribution in [0, 0.1) is 0 Å². The number of Topliss-reactive ketones (excluding diaryl/α,β-unsaturated/α-hetero) is 1. The van der Waals surface area contributed by atoms with E-state index >= 15 is 0 Å². The minimum Gasteiger partial charge on any atom is -0.359 e. The molecule has 3 atom stereocenters. The average Bonchev–Trinajstić information content (AvgIpc) is 2.77. The molecule has 2 aromatic rings. The van der Waals surface area contributed by atoms with E-state index in [9.17, 15) is 27.0 Å². The topological polar surface area (TPSA) is 79.4 Å². The van der Waals surface area contributed by atoms with Crippen LogP contribution in [0.4, 0.5) is 13.2 Å². The number of pyridine rings is 1. The number of amides is 1. The van der Waals surface area contributed by atoms with Crippen LogP contribution < -0.4 is 5.32 Å². The van der Waals surface area contributed by atoms with Gasteiger partial charge >= 0.3 is 6.18 Å². The number of carbonyl (C=O) groups is 2. The molecule has 1 aromatic heterocycles. The van der Waals surface area contributed by atoms with Crippen molar-refractivity contribution in [1.82, 2.24) is 15.2 Å². The summed E-state index contributed by atoms with van der Waals surface area (Å²) in [6, 6.07) is 8.80. The van der Waals surface area contributed by atoms with Crippen molar-refractivity contribution in [1.29, 1.82) is 0 Å². The van der Waals surface area contributed by atoms with Crippen molar-refractivity contribution in [3.63, 3.8) is 0 Å². The Morgan fingerprint density at radius 3 is 2.26 bits per heavy atom. The molecule has 2 heterocycles. The van der Waals surface area contributed by atoms with Crippen LogP contribution >= 0.6 is 0 Å². The number of benzene rings is 1. The summed E-state index contributed by atoms with van der Waals surface area (Å²) in [6.45, 7) is 4.20. The maximum Gasteiger partial charge on any atom is 0.412 e. The van der Waals surface area contributed by atoms with Gasteiger partial charge in [0, 0.05) is 53.1 Å². The molecule has 1 aliphatic heterocycles. The zero-order valence-corrected chi connectivity index (χ0v) is 20.0. The van der Waals surface area contributed by atoms with Crippen LogP contribution in [-0.4, -0.2) is 49.8 Å². The van der Waals surface area contributed by atoms with E-state index in [1.807, 2.05) is 0 Å². The fraction of sp³-hybridized carbons (Fsp3) is 0.375. The third-order valence-electron chi connectivity index (χ3n) is 6.02. The van der Waals surface area contributed by atoms with Crippen molar-refractivity contribution in [2.45, 2.75) is 55.9 Å². The first kappa shape index (κ1) is 25.6. The number of nitrogens with one attached hydrogen (secondary N) is 1. The zero-order valence-electron chi connectivity index (χ0n) is 19.2. The summed E-state index contributed by atoms with van der Waals surface area (Å²) >= 11 is 0. The maximum absolute atomic E-state index is 14.5. The smallest absolute Gasteiger partial charge is 0.359 e. The number of aromatic nitrogens is 1. The Kier molecular flexibility index (Phi) is 7.30. The third kappa shape index (κ3) is 4.77. The predicted octanol–water partition coefficient (Wildman–Crippen LogP) is 3.72. The predicted molar refractivity (Wildman–Crippen MR) is 122 cm³/mol. The van der Waals surface area contributed by atoms with Crippen LogP contribution in [-0.2, 0) is 26.9 Å². The first-order valence-electron chi connectivity index (χ1n) is 10.6.